The van der Waals surface area contributed by atoms with Crippen molar-refractivity contribution in [2.24, 2.45) is 17.8 Å². The number of nitrogens with one attached hydrogen (secondary N) is 1. The maximum absolute atomic E-state index is 5.42. The SMILES string of the molecule is CC(C)CNCc1cc(CN2CC(C)C(C)C2)on1. The van der Waals surface area contributed by atoms with E-state index in [1.165, 1.54) is 13.1 Å². The summed E-state index contributed by atoms with van der Waals surface area (Å²) in [5, 5.41) is 7.52. The maximum Gasteiger partial charge on any atom is 0.151 e. The number of likely N-dealkylation sites (tertiary alicyclic amines) is 1. The van der Waals surface area contributed by atoms with E-state index in [1.54, 1.807) is 0 Å². The van der Waals surface area contributed by atoms with Crippen molar-refractivity contribution in [1.82, 2.24) is 15.4 Å². The lowest BCUT2D eigenvalue weighted by Gasteiger charge is -2.12. The molecule has 4 nitrogen and oxygen atoms in total. The van der Waals surface area contributed by atoms with Gasteiger partial charge >= 0.3 is 0 Å². The highest BCUT2D eigenvalue weighted by atomic mass is 16.5. The molecule has 2 rings (SSSR count). The Hall–Kier alpha value is -0.870. The van der Waals surface area contributed by atoms with E-state index >= 15 is 0 Å². The molecular formula is C15H27N3O. The summed E-state index contributed by atoms with van der Waals surface area (Å²) in [7, 11) is 0. The highest BCUT2D eigenvalue weighted by Gasteiger charge is 2.26. The maximum atomic E-state index is 5.42. The van der Waals surface area contributed by atoms with E-state index in [2.05, 4.69) is 49.1 Å². The van der Waals surface area contributed by atoms with E-state index in [0.29, 0.717) is 5.92 Å². The summed E-state index contributed by atoms with van der Waals surface area (Å²) in [6.07, 6.45) is 0. The van der Waals surface area contributed by atoms with Crippen molar-refractivity contribution in [3.05, 3.63) is 17.5 Å². The molecular weight excluding hydrogens is 238 g/mol. The van der Waals surface area contributed by atoms with Crippen LogP contribution in [0.2, 0.25) is 0 Å². The normalized spacial score (nSPS) is 24.5. The minimum atomic E-state index is 0.666. The van der Waals surface area contributed by atoms with Gasteiger partial charge < -0.3 is 9.84 Å². The first-order valence-corrected chi connectivity index (χ1v) is 7.42. The van der Waals surface area contributed by atoms with Crippen molar-refractivity contribution < 1.29 is 4.52 Å². The van der Waals surface area contributed by atoms with Crippen LogP contribution in [0.1, 0.15) is 39.1 Å². The van der Waals surface area contributed by atoms with Gasteiger partial charge in [-0.05, 0) is 24.3 Å². The van der Waals surface area contributed by atoms with Gasteiger partial charge in [0.05, 0.1) is 12.2 Å². The van der Waals surface area contributed by atoms with Gasteiger partial charge in [0.2, 0.25) is 0 Å². The third kappa shape index (κ3) is 4.32. The van der Waals surface area contributed by atoms with Crippen LogP contribution >= 0.6 is 0 Å². The number of rotatable bonds is 6. The number of hydrogen-bond donors (Lipinski definition) is 1. The molecule has 2 atom stereocenters. The Labute approximate surface area is 116 Å². The van der Waals surface area contributed by atoms with Crippen LogP contribution in [-0.2, 0) is 13.1 Å². The minimum Gasteiger partial charge on any atom is -0.360 e. The summed E-state index contributed by atoms with van der Waals surface area (Å²) in [6.45, 7) is 14.1. The molecule has 0 saturated carbocycles. The Kier molecular flexibility index (Phi) is 4.99. The summed E-state index contributed by atoms with van der Waals surface area (Å²) in [6, 6.07) is 2.08. The Bertz CT molecular complexity index is 378. The zero-order valence-corrected chi connectivity index (χ0v) is 12.6. The smallest absolute Gasteiger partial charge is 0.151 e. The quantitative estimate of drug-likeness (QED) is 0.858. The average Bonchev–Trinajstić information content (AvgIpc) is 2.87. The van der Waals surface area contributed by atoms with Gasteiger partial charge in [0.15, 0.2) is 5.76 Å². The third-order valence-electron chi connectivity index (χ3n) is 3.91. The second-order valence-electron chi connectivity index (χ2n) is 6.46. The van der Waals surface area contributed by atoms with Crippen LogP contribution in [0, 0.1) is 17.8 Å². The van der Waals surface area contributed by atoms with E-state index in [9.17, 15) is 0 Å². The molecule has 108 valence electrons. The molecule has 4 heteroatoms. The molecule has 1 aromatic heterocycles. The topological polar surface area (TPSA) is 41.3 Å². The van der Waals surface area contributed by atoms with Crippen LogP contribution in [0.4, 0.5) is 0 Å². The van der Waals surface area contributed by atoms with Crippen molar-refractivity contribution in [3.63, 3.8) is 0 Å². The minimum absolute atomic E-state index is 0.666. The number of hydrogen-bond acceptors (Lipinski definition) is 4. The van der Waals surface area contributed by atoms with Gasteiger partial charge in [-0.25, -0.2) is 0 Å². The molecule has 0 aromatic carbocycles. The number of aromatic nitrogens is 1. The van der Waals surface area contributed by atoms with Gasteiger partial charge in [-0.3, -0.25) is 4.90 Å². The number of nitrogens with zero attached hydrogens (tertiary/aromatic N) is 2. The average molecular weight is 265 g/mol. The second-order valence-corrected chi connectivity index (χ2v) is 6.46. The van der Waals surface area contributed by atoms with E-state index in [0.717, 1.165) is 42.9 Å². The summed E-state index contributed by atoms with van der Waals surface area (Å²) >= 11 is 0. The zero-order chi connectivity index (χ0) is 13.8. The molecule has 1 aliphatic heterocycles. The highest BCUT2D eigenvalue weighted by molar-refractivity contribution is 5.05. The lowest BCUT2D eigenvalue weighted by atomic mass is 10.0. The van der Waals surface area contributed by atoms with Gasteiger partial charge in [0, 0.05) is 25.7 Å². The van der Waals surface area contributed by atoms with E-state index in [1.807, 2.05) is 0 Å². The van der Waals surface area contributed by atoms with Crippen LogP contribution in [-0.4, -0.2) is 29.7 Å². The van der Waals surface area contributed by atoms with E-state index < -0.39 is 0 Å². The summed E-state index contributed by atoms with van der Waals surface area (Å²) in [4.78, 5) is 2.46. The first kappa shape index (κ1) is 14.5. The molecule has 0 aliphatic carbocycles. The van der Waals surface area contributed by atoms with Crippen molar-refractivity contribution in [2.45, 2.75) is 40.8 Å². The monoisotopic (exact) mass is 265 g/mol. The molecule has 1 N–H and O–H groups in total. The molecule has 1 aromatic rings. The molecule has 2 heterocycles. The molecule has 1 saturated heterocycles. The lowest BCUT2D eigenvalue weighted by Crippen LogP contribution is -2.20. The summed E-state index contributed by atoms with van der Waals surface area (Å²) in [5.74, 6) is 3.23. The van der Waals surface area contributed by atoms with Crippen molar-refractivity contribution in [2.75, 3.05) is 19.6 Å². The molecule has 1 fully saturated rings. The van der Waals surface area contributed by atoms with Gasteiger partial charge in [0.25, 0.3) is 0 Å². The third-order valence-corrected chi connectivity index (χ3v) is 3.91. The van der Waals surface area contributed by atoms with E-state index in [4.69, 9.17) is 4.52 Å². The molecule has 0 amide bonds. The van der Waals surface area contributed by atoms with Crippen LogP contribution in [0.5, 0.6) is 0 Å². The predicted octanol–water partition coefficient (Wildman–Crippen LogP) is 2.51. The Balaban J connectivity index is 1.78. The first-order valence-electron chi connectivity index (χ1n) is 7.42. The Morgan fingerprint density at radius 1 is 1.37 bits per heavy atom. The highest BCUT2D eigenvalue weighted by Crippen LogP contribution is 2.23. The van der Waals surface area contributed by atoms with Crippen LogP contribution in [0.15, 0.2) is 10.6 Å². The largest absolute Gasteiger partial charge is 0.360 e. The molecule has 19 heavy (non-hydrogen) atoms. The lowest BCUT2D eigenvalue weighted by molar-refractivity contribution is 0.264. The van der Waals surface area contributed by atoms with E-state index in [-0.39, 0.29) is 0 Å². The molecule has 1 aliphatic rings. The standard InChI is InChI=1S/C15H27N3O/c1-11(2)6-16-7-14-5-15(19-17-14)10-18-8-12(3)13(4)9-18/h5,11-13,16H,6-10H2,1-4H3. The van der Waals surface area contributed by atoms with Crippen LogP contribution in [0.25, 0.3) is 0 Å². The second kappa shape index (κ2) is 6.53. The van der Waals surface area contributed by atoms with Gasteiger partial charge in [-0.2, -0.15) is 0 Å². The first-order chi connectivity index (χ1) is 9.04. The Morgan fingerprint density at radius 2 is 2.05 bits per heavy atom. The fraction of sp³-hybridized carbons (Fsp3) is 0.800. The van der Waals surface area contributed by atoms with Crippen LogP contribution < -0.4 is 5.32 Å². The fourth-order valence-corrected chi connectivity index (χ4v) is 2.60. The van der Waals surface area contributed by atoms with Crippen LogP contribution in [0.3, 0.4) is 0 Å². The van der Waals surface area contributed by atoms with Crippen molar-refractivity contribution >= 4 is 0 Å². The van der Waals surface area contributed by atoms with Crippen molar-refractivity contribution in [3.8, 4) is 0 Å². The van der Waals surface area contributed by atoms with Gasteiger partial charge in [-0.1, -0.05) is 32.9 Å². The Morgan fingerprint density at radius 3 is 2.68 bits per heavy atom. The molecule has 0 bridgehead atoms. The summed E-state index contributed by atoms with van der Waals surface area (Å²) in [5.41, 5.74) is 1.01. The van der Waals surface area contributed by atoms with Gasteiger partial charge in [-0.15, -0.1) is 0 Å². The fourth-order valence-electron chi connectivity index (χ4n) is 2.60. The predicted molar refractivity (Wildman–Crippen MR) is 76.7 cm³/mol. The van der Waals surface area contributed by atoms with Crippen molar-refractivity contribution in [1.29, 1.82) is 0 Å². The molecule has 2 unspecified atom stereocenters. The summed E-state index contributed by atoms with van der Waals surface area (Å²) < 4.78 is 5.42. The molecule has 0 spiro atoms. The molecule has 0 radical (unpaired) electrons. The zero-order valence-electron chi connectivity index (χ0n) is 12.6. The van der Waals surface area contributed by atoms with Gasteiger partial charge in [0.1, 0.15) is 0 Å².